The summed E-state index contributed by atoms with van der Waals surface area (Å²) in [4.78, 5) is 25.4. The molecule has 0 aliphatic carbocycles. The van der Waals surface area contributed by atoms with Crippen LogP contribution in [0.5, 0.6) is 0 Å². The van der Waals surface area contributed by atoms with E-state index in [1.165, 1.54) is 0 Å². The van der Waals surface area contributed by atoms with Crippen LogP contribution in [-0.2, 0) is 10.1 Å². The van der Waals surface area contributed by atoms with E-state index in [0.29, 0.717) is 31.6 Å². The Morgan fingerprint density at radius 2 is 1.75 bits per heavy atom. The highest BCUT2D eigenvalue weighted by Gasteiger charge is 2.10. The van der Waals surface area contributed by atoms with Gasteiger partial charge in [0.05, 0.1) is 0 Å². The lowest BCUT2D eigenvalue weighted by Gasteiger charge is -2.18. The summed E-state index contributed by atoms with van der Waals surface area (Å²) in [6.07, 6.45) is 0.340. The Morgan fingerprint density at radius 1 is 1.15 bits per heavy atom. The molecule has 1 rings (SSSR count). The van der Waals surface area contributed by atoms with Gasteiger partial charge < -0.3 is 10.2 Å². The maximum atomic E-state index is 11.9. The van der Waals surface area contributed by atoms with Crippen molar-refractivity contribution in [3.63, 3.8) is 0 Å². The molecule has 0 saturated carbocycles. The molecule has 0 spiro atoms. The summed E-state index contributed by atoms with van der Waals surface area (Å²) < 4.78 is 0. The third kappa shape index (κ3) is 4.96. The molecule has 1 aromatic carbocycles. The van der Waals surface area contributed by atoms with Crippen LogP contribution in [0.1, 0.15) is 36.2 Å². The van der Waals surface area contributed by atoms with Crippen molar-refractivity contribution in [3.05, 3.63) is 35.4 Å². The number of benzene rings is 1. The van der Waals surface area contributed by atoms with Gasteiger partial charge in [0.2, 0.25) is 5.91 Å². The SMILES string of the molecule is CCN(CC)C(=O)CCNC(=O)c1ccc(CBr)cc1. The average Bonchev–Trinajstić information content (AvgIpc) is 2.48. The topological polar surface area (TPSA) is 49.4 Å². The second-order valence-electron chi connectivity index (χ2n) is 4.40. The van der Waals surface area contributed by atoms with Gasteiger partial charge in [-0.05, 0) is 31.5 Å². The molecule has 0 unspecified atom stereocenters. The normalized spacial score (nSPS) is 10.2. The predicted octanol–water partition coefficient (Wildman–Crippen LogP) is 2.57. The Kier molecular flexibility index (Phi) is 7.30. The molecule has 0 atom stereocenters. The number of rotatable bonds is 7. The predicted molar refractivity (Wildman–Crippen MR) is 84.0 cm³/mol. The molecule has 0 radical (unpaired) electrons. The number of carbonyl (C=O) groups is 2. The molecule has 5 heteroatoms. The van der Waals surface area contributed by atoms with Crippen LogP contribution in [0, 0.1) is 0 Å². The molecule has 2 amide bonds. The first kappa shape index (κ1) is 16.7. The Morgan fingerprint density at radius 3 is 2.25 bits per heavy atom. The molecule has 0 fully saturated rings. The quantitative estimate of drug-likeness (QED) is 0.775. The maximum absolute atomic E-state index is 11.9. The van der Waals surface area contributed by atoms with Gasteiger partial charge in [-0.15, -0.1) is 0 Å². The summed E-state index contributed by atoms with van der Waals surface area (Å²) in [7, 11) is 0. The van der Waals surface area contributed by atoms with E-state index in [1.807, 2.05) is 26.0 Å². The van der Waals surface area contributed by atoms with Gasteiger partial charge in [0.15, 0.2) is 0 Å². The molecular formula is C15H21BrN2O2. The number of nitrogens with one attached hydrogen (secondary N) is 1. The van der Waals surface area contributed by atoms with E-state index in [4.69, 9.17) is 0 Å². The minimum atomic E-state index is -0.140. The largest absolute Gasteiger partial charge is 0.352 e. The Hall–Kier alpha value is -1.36. The zero-order valence-electron chi connectivity index (χ0n) is 12.0. The van der Waals surface area contributed by atoms with Crippen LogP contribution in [0.15, 0.2) is 24.3 Å². The molecule has 0 bridgehead atoms. The van der Waals surface area contributed by atoms with Gasteiger partial charge >= 0.3 is 0 Å². The van der Waals surface area contributed by atoms with Gasteiger partial charge in [-0.1, -0.05) is 28.1 Å². The molecule has 4 nitrogen and oxygen atoms in total. The van der Waals surface area contributed by atoms with Crippen LogP contribution in [0.4, 0.5) is 0 Å². The fraction of sp³-hybridized carbons (Fsp3) is 0.467. The van der Waals surface area contributed by atoms with Crippen molar-refractivity contribution in [1.82, 2.24) is 10.2 Å². The Balaban J connectivity index is 2.41. The summed E-state index contributed by atoms with van der Waals surface area (Å²) in [5.74, 6) is -0.0663. The number of hydrogen-bond donors (Lipinski definition) is 1. The van der Waals surface area contributed by atoms with Crippen LogP contribution in [0.3, 0.4) is 0 Å². The number of alkyl halides is 1. The molecule has 0 saturated heterocycles. The smallest absolute Gasteiger partial charge is 0.251 e. The van der Waals surface area contributed by atoms with Crippen molar-refractivity contribution in [2.45, 2.75) is 25.6 Å². The minimum Gasteiger partial charge on any atom is -0.352 e. The van der Waals surface area contributed by atoms with Gasteiger partial charge in [-0.3, -0.25) is 9.59 Å². The van der Waals surface area contributed by atoms with Gasteiger partial charge in [-0.25, -0.2) is 0 Å². The summed E-state index contributed by atoms with van der Waals surface area (Å²) in [5.41, 5.74) is 1.74. The highest BCUT2D eigenvalue weighted by Crippen LogP contribution is 2.07. The van der Waals surface area contributed by atoms with Crippen LogP contribution in [-0.4, -0.2) is 36.3 Å². The van der Waals surface area contributed by atoms with E-state index in [9.17, 15) is 9.59 Å². The van der Waals surface area contributed by atoms with Crippen LogP contribution in [0.2, 0.25) is 0 Å². The van der Waals surface area contributed by atoms with E-state index < -0.39 is 0 Å². The standard InChI is InChI=1S/C15H21BrN2O2/c1-3-18(4-2)14(19)9-10-17-15(20)13-7-5-12(11-16)6-8-13/h5-8H,3-4,9-11H2,1-2H3,(H,17,20). The monoisotopic (exact) mass is 340 g/mol. The zero-order valence-corrected chi connectivity index (χ0v) is 13.6. The van der Waals surface area contributed by atoms with Crippen molar-refractivity contribution in [2.75, 3.05) is 19.6 Å². The number of halogens is 1. The van der Waals surface area contributed by atoms with E-state index in [-0.39, 0.29) is 11.8 Å². The lowest BCUT2D eigenvalue weighted by atomic mass is 10.1. The van der Waals surface area contributed by atoms with Crippen LogP contribution < -0.4 is 5.32 Å². The maximum Gasteiger partial charge on any atom is 0.251 e. The summed E-state index contributed by atoms with van der Waals surface area (Å²) >= 11 is 3.36. The van der Waals surface area contributed by atoms with Crippen LogP contribution in [0.25, 0.3) is 0 Å². The molecule has 0 heterocycles. The number of amides is 2. The molecule has 0 aromatic heterocycles. The molecular weight excluding hydrogens is 320 g/mol. The summed E-state index contributed by atoms with van der Waals surface area (Å²) in [5, 5.41) is 3.54. The Labute approximate surface area is 128 Å². The van der Waals surface area contributed by atoms with Crippen molar-refractivity contribution in [3.8, 4) is 0 Å². The molecule has 0 aliphatic heterocycles. The second-order valence-corrected chi connectivity index (χ2v) is 4.96. The van der Waals surface area contributed by atoms with E-state index in [0.717, 1.165) is 10.9 Å². The first-order valence-electron chi connectivity index (χ1n) is 6.83. The molecule has 1 aromatic rings. The number of carbonyl (C=O) groups excluding carboxylic acids is 2. The minimum absolute atomic E-state index is 0.0740. The fourth-order valence-electron chi connectivity index (χ4n) is 1.86. The molecule has 1 N–H and O–H groups in total. The second kappa shape index (κ2) is 8.74. The van der Waals surface area contributed by atoms with E-state index >= 15 is 0 Å². The first-order chi connectivity index (χ1) is 9.62. The zero-order chi connectivity index (χ0) is 15.0. The lowest BCUT2D eigenvalue weighted by molar-refractivity contribution is -0.130. The number of hydrogen-bond acceptors (Lipinski definition) is 2. The molecule has 110 valence electrons. The van der Waals surface area contributed by atoms with E-state index in [2.05, 4.69) is 21.2 Å². The van der Waals surface area contributed by atoms with Crippen molar-refractivity contribution in [1.29, 1.82) is 0 Å². The average molecular weight is 341 g/mol. The fourth-order valence-corrected chi connectivity index (χ4v) is 2.24. The summed E-state index contributed by atoms with van der Waals surface area (Å²) in [6, 6.07) is 7.39. The first-order valence-corrected chi connectivity index (χ1v) is 7.95. The highest BCUT2D eigenvalue weighted by molar-refractivity contribution is 9.08. The number of nitrogens with zero attached hydrogens (tertiary/aromatic N) is 1. The van der Waals surface area contributed by atoms with Crippen molar-refractivity contribution < 1.29 is 9.59 Å². The third-order valence-corrected chi connectivity index (χ3v) is 3.76. The van der Waals surface area contributed by atoms with Crippen LogP contribution >= 0.6 is 15.9 Å². The third-order valence-electron chi connectivity index (χ3n) is 3.11. The highest BCUT2D eigenvalue weighted by atomic mass is 79.9. The van der Waals surface area contributed by atoms with Crippen molar-refractivity contribution >= 4 is 27.7 Å². The lowest BCUT2D eigenvalue weighted by Crippen LogP contribution is -2.34. The van der Waals surface area contributed by atoms with E-state index in [1.54, 1.807) is 17.0 Å². The van der Waals surface area contributed by atoms with Gasteiger partial charge in [0.1, 0.15) is 0 Å². The molecule has 0 aliphatic rings. The van der Waals surface area contributed by atoms with Gasteiger partial charge in [-0.2, -0.15) is 0 Å². The van der Waals surface area contributed by atoms with Crippen molar-refractivity contribution in [2.24, 2.45) is 0 Å². The summed E-state index contributed by atoms with van der Waals surface area (Å²) in [6.45, 7) is 5.68. The van der Waals surface area contributed by atoms with Gasteiger partial charge in [0, 0.05) is 36.9 Å². The molecule has 20 heavy (non-hydrogen) atoms. The van der Waals surface area contributed by atoms with Gasteiger partial charge in [0.25, 0.3) is 5.91 Å². The Bertz CT molecular complexity index is 442.